The van der Waals surface area contributed by atoms with Crippen LogP contribution in [0.3, 0.4) is 0 Å². The fraction of sp³-hybridized carbons (Fsp3) is 0.571. The summed E-state index contributed by atoms with van der Waals surface area (Å²) in [5.74, 6) is 0.483. The van der Waals surface area contributed by atoms with Gasteiger partial charge in [-0.3, -0.25) is 10.1 Å². The highest BCUT2D eigenvalue weighted by molar-refractivity contribution is 5.55. The van der Waals surface area contributed by atoms with Gasteiger partial charge in [0.1, 0.15) is 0 Å². The van der Waals surface area contributed by atoms with E-state index in [0.717, 1.165) is 25.7 Å². The zero-order valence-electron chi connectivity index (χ0n) is 11.6. The van der Waals surface area contributed by atoms with Gasteiger partial charge in [-0.1, -0.05) is 0 Å². The lowest BCUT2D eigenvalue weighted by Crippen LogP contribution is -2.45. The molecule has 2 aliphatic rings. The zero-order valence-corrected chi connectivity index (χ0v) is 11.6. The maximum atomic E-state index is 14.2. The summed E-state index contributed by atoms with van der Waals surface area (Å²) in [7, 11) is 0. The summed E-state index contributed by atoms with van der Waals surface area (Å²) in [5.41, 5.74) is 0.116. The average molecular weight is 279 g/mol. The highest BCUT2D eigenvalue weighted by Crippen LogP contribution is 2.44. The second-order valence-electron chi connectivity index (χ2n) is 6.18. The van der Waals surface area contributed by atoms with Gasteiger partial charge in [-0.15, -0.1) is 0 Å². The van der Waals surface area contributed by atoms with Crippen molar-refractivity contribution in [2.75, 3.05) is 24.5 Å². The minimum Gasteiger partial charge on any atom is -0.363 e. The molecule has 20 heavy (non-hydrogen) atoms. The molecule has 2 saturated heterocycles. The smallest absolute Gasteiger partial charge is 0.272 e. The Kier molecular flexibility index (Phi) is 2.93. The number of nitro benzene ring substituents is 1. The lowest BCUT2D eigenvalue weighted by molar-refractivity contribution is -0.385. The van der Waals surface area contributed by atoms with E-state index in [1.807, 2.05) is 0 Å². The first kappa shape index (κ1) is 13.3. The van der Waals surface area contributed by atoms with Crippen molar-refractivity contribution in [2.24, 2.45) is 11.8 Å². The number of nitrogens with one attached hydrogen (secondary N) is 1. The Hall–Kier alpha value is -1.69. The maximum Gasteiger partial charge on any atom is 0.272 e. The molecule has 2 aliphatic heterocycles. The highest BCUT2D eigenvalue weighted by Gasteiger charge is 2.50. The number of benzene rings is 1. The van der Waals surface area contributed by atoms with E-state index >= 15 is 0 Å². The molecule has 2 heterocycles. The summed E-state index contributed by atoms with van der Waals surface area (Å²) in [6.45, 7) is 6.93. The first-order chi connectivity index (χ1) is 9.41. The minimum absolute atomic E-state index is 0.148. The molecule has 2 atom stereocenters. The van der Waals surface area contributed by atoms with Gasteiger partial charge in [0.25, 0.3) is 5.69 Å². The number of nitro groups is 1. The number of hydrogen-bond acceptors (Lipinski definition) is 4. The van der Waals surface area contributed by atoms with Gasteiger partial charge in [0.15, 0.2) is 5.82 Å². The molecule has 3 rings (SSSR count). The van der Waals surface area contributed by atoms with Gasteiger partial charge in [-0.25, -0.2) is 4.39 Å². The standard InChI is InChI=1S/C14H18FN3O2/c1-14(2)11-7-16-6-9(11)8-17(14)13-4-3-10(18(19)20)5-12(13)15/h3-5,9,11,16H,6-8H2,1-2H3. The number of rotatable bonds is 2. The van der Waals surface area contributed by atoms with Crippen LogP contribution in [0.25, 0.3) is 0 Å². The largest absolute Gasteiger partial charge is 0.363 e. The zero-order chi connectivity index (χ0) is 14.5. The molecule has 2 fully saturated rings. The second kappa shape index (κ2) is 4.41. The topological polar surface area (TPSA) is 58.4 Å². The van der Waals surface area contributed by atoms with E-state index in [9.17, 15) is 14.5 Å². The van der Waals surface area contributed by atoms with Gasteiger partial charge >= 0.3 is 0 Å². The Morgan fingerprint density at radius 1 is 1.45 bits per heavy atom. The number of non-ortho nitro benzene ring substituents is 1. The molecular formula is C14H18FN3O2. The summed E-state index contributed by atoms with van der Waals surface area (Å²) in [6.07, 6.45) is 0. The van der Waals surface area contributed by atoms with Gasteiger partial charge in [0.05, 0.1) is 16.7 Å². The first-order valence-corrected chi connectivity index (χ1v) is 6.83. The van der Waals surface area contributed by atoms with E-state index in [-0.39, 0.29) is 11.2 Å². The lowest BCUT2D eigenvalue weighted by atomic mass is 9.84. The van der Waals surface area contributed by atoms with Crippen molar-refractivity contribution in [2.45, 2.75) is 19.4 Å². The van der Waals surface area contributed by atoms with Crippen LogP contribution in [0.1, 0.15) is 13.8 Å². The maximum absolute atomic E-state index is 14.2. The van der Waals surface area contributed by atoms with Gasteiger partial charge in [-0.05, 0) is 31.7 Å². The molecule has 0 aliphatic carbocycles. The molecule has 108 valence electrons. The first-order valence-electron chi connectivity index (χ1n) is 6.83. The van der Waals surface area contributed by atoms with Crippen molar-refractivity contribution in [1.29, 1.82) is 0 Å². The predicted octanol–water partition coefficient (Wildman–Crippen LogP) is 2.17. The third kappa shape index (κ3) is 1.86. The molecule has 0 aromatic heterocycles. The van der Waals surface area contributed by atoms with Crippen LogP contribution in [0, 0.1) is 27.8 Å². The van der Waals surface area contributed by atoms with Crippen molar-refractivity contribution in [3.63, 3.8) is 0 Å². The molecule has 6 heteroatoms. The molecule has 0 bridgehead atoms. The van der Waals surface area contributed by atoms with Crippen LogP contribution in [0.2, 0.25) is 0 Å². The Balaban J connectivity index is 1.95. The Bertz CT molecular complexity index is 561. The van der Waals surface area contributed by atoms with Crippen LogP contribution >= 0.6 is 0 Å². The van der Waals surface area contributed by atoms with E-state index in [1.54, 1.807) is 0 Å². The van der Waals surface area contributed by atoms with E-state index < -0.39 is 10.7 Å². The van der Waals surface area contributed by atoms with Crippen LogP contribution in [0.5, 0.6) is 0 Å². The van der Waals surface area contributed by atoms with Crippen molar-refractivity contribution >= 4 is 11.4 Å². The van der Waals surface area contributed by atoms with E-state index in [2.05, 4.69) is 24.1 Å². The van der Waals surface area contributed by atoms with Crippen LogP contribution in [0.15, 0.2) is 18.2 Å². The monoisotopic (exact) mass is 279 g/mol. The molecular weight excluding hydrogens is 261 g/mol. The number of hydrogen-bond donors (Lipinski definition) is 1. The third-order valence-corrected chi connectivity index (χ3v) is 4.79. The third-order valence-electron chi connectivity index (χ3n) is 4.79. The van der Waals surface area contributed by atoms with Crippen LogP contribution in [-0.4, -0.2) is 30.1 Å². The molecule has 1 aromatic carbocycles. The van der Waals surface area contributed by atoms with Crippen LogP contribution < -0.4 is 10.2 Å². The minimum atomic E-state index is -0.569. The fourth-order valence-electron chi connectivity index (χ4n) is 3.66. The fourth-order valence-corrected chi connectivity index (χ4v) is 3.66. The van der Waals surface area contributed by atoms with E-state index in [0.29, 0.717) is 17.5 Å². The summed E-state index contributed by atoms with van der Waals surface area (Å²) >= 11 is 0. The average Bonchev–Trinajstić information content (AvgIpc) is 2.92. The van der Waals surface area contributed by atoms with Crippen molar-refractivity contribution in [1.82, 2.24) is 5.32 Å². The Morgan fingerprint density at radius 3 is 2.80 bits per heavy atom. The molecule has 2 unspecified atom stereocenters. The summed E-state index contributed by atoms with van der Waals surface area (Å²) in [5, 5.41) is 14.1. The Labute approximate surface area is 116 Å². The molecule has 0 amide bonds. The molecule has 1 aromatic rings. The lowest BCUT2D eigenvalue weighted by Gasteiger charge is -2.37. The quantitative estimate of drug-likeness (QED) is 0.666. The predicted molar refractivity (Wildman–Crippen MR) is 74.3 cm³/mol. The summed E-state index contributed by atoms with van der Waals surface area (Å²) in [4.78, 5) is 12.2. The number of anilines is 1. The summed E-state index contributed by atoms with van der Waals surface area (Å²) in [6, 6.07) is 3.92. The van der Waals surface area contributed by atoms with Gasteiger partial charge in [0.2, 0.25) is 0 Å². The molecule has 0 radical (unpaired) electrons. The molecule has 1 N–H and O–H groups in total. The van der Waals surface area contributed by atoms with Crippen molar-refractivity contribution in [3.05, 3.63) is 34.1 Å². The Morgan fingerprint density at radius 2 is 2.20 bits per heavy atom. The van der Waals surface area contributed by atoms with Crippen molar-refractivity contribution < 1.29 is 9.31 Å². The molecule has 5 nitrogen and oxygen atoms in total. The molecule has 0 saturated carbocycles. The van der Waals surface area contributed by atoms with Gasteiger partial charge in [-0.2, -0.15) is 0 Å². The van der Waals surface area contributed by atoms with E-state index in [4.69, 9.17) is 0 Å². The highest BCUT2D eigenvalue weighted by atomic mass is 19.1. The van der Waals surface area contributed by atoms with Gasteiger partial charge < -0.3 is 10.2 Å². The summed E-state index contributed by atoms with van der Waals surface area (Å²) < 4.78 is 14.2. The second-order valence-corrected chi connectivity index (χ2v) is 6.18. The number of fused-ring (bicyclic) bond motifs is 1. The number of nitrogens with zero attached hydrogens (tertiary/aromatic N) is 2. The molecule has 0 spiro atoms. The van der Waals surface area contributed by atoms with Crippen LogP contribution in [-0.2, 0) is 0 Å². The van der Waals surface area contributed by atoms with E-state index in [1.165, 1.54) is 12.1 Å². The van der Waals surface area contributed by atoms with Crippen molar-refractivity contribution in [3.8, 4) is 0 Å². The van der Waals surface area contributed by atoms with Crippen LogP contribution in [0.4, 0.5) is 15.8 Å². The number of halogens is 1. The van der Waals surface area contributed by atoms with Gasteiger partial charge in [0, 0.05) is 31.2 Å². The normalized spacial score (nSPS) is 27.6. The SMILES string of the molecule is CC1(C)C2CNCC2CN1c1ccc([N+](=O)[O-])cc1F.